The molecule has 2 atom stereocenters. The summed E-state index contributed by atoms with van der Waals surface area (Å²) in [6, 6.07) is -0.0557. The summed E-state index contributed by atoms with van der Waals surface area (Å²) in [6.45, 7) is 6.36. The van der Waals surface area contributed by atoms with Crippen molar-refractivity contribution in [3.8, 4) is 0 Å². The maximum Gasteiger partial charge on any atom is 0.410 e. The number of rotatable bonds is 2. The minimum absolute atomic E-state index is 0. The number of hydrogen-bond donors (Lipinski definition) is 1. The standard InChI is InChI=1S/C9H16FNO2.C4H8FN.ClH/c1-9(2,3)13-8(12)11-5-4-7(11)6-10;5-3-4-1-2-6-4;/h7H,4-6H2,1-3H3;4,6H,1-3H2;1H/t7-;4-;/m00./s1. The number of halogens is 3. The van der Waals surface area contributed by atoms with E-state index in [0.717, 1.165) is 19.4 Å². The van der Waals surface area contributed by atoms with Crippen LogP contribution in [0, 0.1) is 0 Å². The molecule has 0 aromatic rings. The van der Waals surface area contributed by atoms with Crippen LogP contribution in [0.15, 0.2) is 0 Å². The van der Waals surface area contributed by atoms with Gasteiger partial charge in [0.05, 0.1) is 6.04 Å². The van der Waals surface area contributed by atoms with Crippen molar-refractivity contribution in [3.63, 3.8) is 0 Å². The lowest BCUT2D eigenvalue weighted by Gasteiger charge is -2.39. The van der Waals surface area contributed by atoms with Crippen molar-refractivity contribution in [2.24, 2.45) is 0 Å². The Kier molecular flexibility index (Phi) is 8.35. The molecule has 2 rings (SSSR count). The van der Waals surface area contributed by atoms with Gasteiger partial charge in [-0.15, -0.1) is 12.4 Å². The van der Waals surface area contributed by atoms with Crippen molar-refractivity contribution in [3.05, 3.63) is 0 Å². The van der Waals surface area contributed by atoms with Crippen molar-refractivity contribution >= 4 is 18.5 Å². The van der Waals surface area contributed by atoms with E-state index in [1.165, 1.54) is 4.90 Å². The highest BCUT2D eigenvalue weighted by Gasteiger charge is 2.34. The van der Waals surface area contributed by atoms with E-state index < -0.39 is 18.4 Å². The predicted molar refractivity (Wildman–Crippen MR) is 77.0 cm³/mol. The normalized spacial score (nSPS) is 24.4. The van der Waals surface area contributed by atoms with Gasteiger partial charge in [0.1, 0.15) is 19.0 Å². The smallest absolute Gasteiger partial charge is 0.410 e. The number of alkyl halides is 2. The lowest BCUT2D eigenvalue weighted by Crippen LogP contribution is -2.53. The first-order valence-corrected chi connectivity index (χ1v) is 6.72. The molecule has 1 amide bonds. The highest BCUT2D eigenvalue weighted by molar-refractivity contribution is 5.85. The van der Waals surface area contributed by atoms with E-state index in [1.54, 1.807) is 20.8 Å². The van der Waals surface area contributed by atoms with Gasteiger partial charge in [-0.1, -0.05) is 0 Å². The number of likely N-dealkylation sites (tertiary alicyclic amines) is 1. The van der Waals surface area contributed by atoms with E-state index in [1.807, 2.05) is 0 Å². The average molecular weight is 315 g/mol. The van der Waals surface area contributed by atoms with Crippen molar-refractivity contribution in [1.29, 1.82) is 0 Å². The van der Waals surface area contributed by atoms with Gasteiger partial charge in [0.2, 0.25) is 0 Å². The molecule has 20 heavy (non-hydrogen) atoms. The number of amides is 1. The Morgan fingerprint density at radius 3 is 2.10 bits per heavy atom. The topological polar surface area (TPSA) is 41.6 Å². The van der Waals surface area contributed by atoms with Gasteiger partial charge in [-0.3, -0.25) is 0 Å². The lowest BCUT2D eigenvalue weighted by molar-refractivity contribution is -0.00958. The van der Waals surface area contributed by atoms with Gasteiger partial charge in [-0.05, 0) is 40.2 Å². The maximum absolute atomic E-state index is 12.2. The second-order valence-electron chi connectivity index (χ2n) is 5.86. The molecule has 2 aliphatic heterocycles. The van der Waals surface area contributed by atoms with Crippen LogP contribution in [0.25, 0.3) is 0 Å². The van der Waals surface area contributed by atoms with Crippen LogP contribution < -0.4 is 5.32 Å². The molecule has 0 aromatic heterocycles. The second-order valence-corrected chi connectivity index (χ2v) is 5.86. The molecule has 0 aromatic carbocycles. The van der Waals surface area contributed by atoms with Crippen molar-refractivity contribution in [2.45, 2.75) is 51.3 Å². The van der Waals surface area contributed by atoms with Crippen molar-refractivity contribution in [2.75, 3.05) is 26.4 Å². The summed E-state index contributed by atoms with van der Waals surface area (Å²) in [5.74, 6) is 0. The van der Waals surface area contributed by atoms with Crippen molar-refractivity contribution < 1.29 is 18.3 Å². The summed E-state index contributed by atoms with van der Waals surface area (Å²) >= 11 is 0. The Hall–Kier alpha value is -0.620. The average Bonchev–Trinajstić information content (AvgIpc) is 2.12. The largest absolute Gasteiger partial charge is 0.444 e. The summed E-state index contributed by atoms with van der Waals surface area (Å²) in [7, 11) is 0. The van der Waals surface area contributed by atoms with Gasteiger partial charge in [-0.25, -0.2) is 13.6 Å². The Morgan fingerprint density at radius 2 is 1.90 bits per heavy atom. The summed E-state index contributed by atoms with van der Waals surface area (Å²) < 4.78 is 28.7. The van der Waals surface area contributed by atoms with Crippen LogP contribution in [0.2, 0.25) is 0 Å². The third kappa shape index (κ3) is 6.22. The number of nitrogens with zero attached hydrogens (tertiary/aromatic N) is 1. The summed E-state index contributed by atoms with van der Waals surface area (Å²) in [4.78, 5) is 12.8. The third-order valence-electron chi connectivity index (χ3n) is 3.06. The molecule has 2 heterocycles. The zero-order valence-electron chi connectivity index (χ0n) is 12.3. The number of carbonyl (C=O) groups is 1. The van der Waals surface area contributed by atoms with Crippen LogP contribution in [0.5, 0.6) is 0 Å². The Labute approximate surface area is 125 Å². The third-order valence-corrected chi connectivity index (χ3v) is 3.06. The molecule has 1 N–H and O–H groups in total. The quantitative estimate of drug-likeness (QED) is 0.852. The monoisotopic (exact) mass is 314 g/mol. The molecule has 120 valence electrons. The van der Waals surface area contributed by atoms with Gasteiger partial charge >= 0.3 is 6.09 Å². The highest BCUT2D eigenvalue weighted by Crippen LogP contribution is 2.21. The van der Waals surface area contributed by atoms with Gasteiger partial charge < -0.3 is 15.0 Å². The summed E-state index contributed by atoms with van der Waals surface area (Å²) in [5, 5.41) is 2.92. The fraction of sp³-hybridized carbons (Fsp3) is 0.923. The summed E-state index contributed by atoms with van der Waals surface area (Å²) in [5.41, 5.74) is -0.493. The van der Waals surface area contributed by atoms with Crippen LogP contribution in [-0.2, 0) is 4.74 Å². The van der Waals surface area contributed by atoms with E-state index in [-0.39, 0.29) is 31.2 Å². The molecule has 0 radical (unpaired) electrons. The molecule has 7 heteroatoms. The van der Waals surface area contributed by atoms with Crippen LogP contribution in [0.1, 0.15) is 33.6 Å². The zero-order valence-corrected chi connectivity index (χ0v) is 13.1. The minimum atomic E-state index is -0.493. The molecule has 2 saturated heterocycles. The lowest BCUT2D eigenvalue weighted by atomic mass is 10.1. The van der Waals surface area contributed by atoms with Crippen molar-refractivity contribution in [1.82, 2.24) is 10.2 Å². The molecule has 0 bridgehead atoms. The van der Waals surface area contributed by atoms with Gasteiger partial charge in [-0.2, -0.15) is 0 Å². The van der Waals surface area contributed by atoms with Gasteiger partial charge in [0.15, 0.2) is 0 Å². The number of nitrogens with one attached hydrogen (secondary N) is 1. The Bertz CT molecular complexity index is 292. The van der Waals surface area contributed by atoms with Crippen LogP contribution in [-0.4, -0.2) is 55.1 Å². The molecule has 0 unspecified atom stereocenters. The first kappa shape index (κ1) is 19.4. The molecular formula is C13H25ClF2N2O2. The fourth-order valence-electron chi connectivity index (χ4n) is 1.64. The first-order chi connectivity index (χ1) is 8.87. The van der Waals surface area contributed by atoms with E-state index in [0.29, 0.717) is 6.54 Å². The molecular weight excluding hydrogens is 290 g/mol. The van der Waals surface area contributed by atoms with E-state index in [4.69, 9.17) is 4.74 Å². The molecule has 4 nitrogen and oxygen atoms in total. The van der Waals surface area contributed by atoms with Crippen LogP contribution in [0.4, 0.5) is 13.6 Å². The second kappa shape index (κ2) is 8.62. The van der Waals surface area contributed by atoms with Crippen LogP contribution in [0.3, 0.4) is 0 Å². The van der Waals surface area contributed by atoms with E-state index in [9.17, 15) is 13.6 Å². The number of hydrogen-bond acceptors (Lipinski definition) is 3. The Balaban J connectivity index is 0.000000434. The SMILES string of the molecule is CC(C)(C)OC(=O)N1CC[C@H]1CF.Cl.FC[C@@H]1CCN1. The zero-order chi connectivity index (χ0) is 14.5. The molecule has 0 spiro atoms. The number of carbonyl (C=O) groups excluding carboxylic acids is 1. The van der Waals surface area contributed by atoms with E-state index >= 15 is 0 Å². The van der Waals surface area contributed by atoms with Gasteiger partial charge in [0, 0.05) is 12.6 Å². The maximum atomic E-state index is 12.2. The molecule has 0 aliphatic carbocycles. The fourth-order valence-corrected chi connectivity index (χ4v) is 1.64. The van der Waals surface area contributed by atoms with Crippen LogP contribution >= 0.6 is 12.4 Å². The predicted octanol–water partition coefficient (Wildman–Crippen LogP) is 2.70. The summed E-state index contributed by atoms with van der Waals surface area (Å²) in [6.07, 6.45) is 1.37. The molecule has 0 saturated carbocycles. The highest BCUT2D eigenvalue weighted by atomic mass is 35.5. The molecule has 2 aliphatic rings. The van der Waals surface area contributed by atoms with E-state index in [2.05, 4.69) is 5.32 Å². The molecule has 2 fully saturated rings. The van der Waals surface area contributed by atoms with Gasteiger partial charge in [0.25, 0.3) is 0 Å². The number of ether oxygens (including phenoxy) is 1. The Morgan fingerprint density at radius 1 is 1.30 bits per heavy atom. The first-order valence-electron chi connectivity index (χ1n) is 6.72. The minimum Gasteiger partial charge on any atom is -0.444 e.